The summed E-state index contributed by atoms with van der Waals surface area (Å²) in [6.45, 7) is 5.98. The Bertz CT molecular complexity index is 1060. The number of rotatable bonds is 6. The fourth-order valence-electron chi connectivity index (χ4n) is 3.18. The number of sulfonamides is 1. The van der Waals surface area contributed by atoms with E-state index in [1.54, 1.807) is 42.1 Å². The Morgan fingerprint density at radius 3 is 2.71 bits per heavy atom. The van der Waals surface area contributed by atoms with Crippen LogP contribution in [0.5, 0.6) is 5.75 Å². The SMILES string of the molecule is CCOc1ccc(S(=O)(=O)Nc2ccc(C3=CSC4=NCCN34)cc2)cc1C. The largest absolute Gasteiger partial charge is 0.494 e. The van der Waals surface area contributed by atoms with E-state index in [4.69, 9.17) is 4.74 Å². The molecular weight excluding hydrogens is 394 g/mol. The Balaban J connectivity index is 1.51. The molecule has 2 aliphatic rings. The van der Waals surface area contributed by atoms with Gasteiger partial charge in [-0.3, -0.25) is 9.71 Å². The Kier molecular flexibility index (Phi) is 5.07. The summed E-state index contributed by atoms with van der Waals surface area (Å²) in [5.41, 5.74) is 3.46. The number of aliphatic imine (C=N–C) groups is 1. The van der Waals surface area contributed by atoms with Crippen LogP contribution in [-0.4, -0.2) is 38.2 Å². The van der Waals surface area contributed by atoms with E-state index in [1.165, 1.54) is 0 Å². The molecule has 0 spiro atoms. The van der Waals surface area contributed by atoms with Crippen LogP contribution >= 0.6 is 11.8 Å². The van der Waals surface area contributed by atoms with Gasteiger partial charge >= 0.3 is 0 Å². The van der Waals surface area contributed by atoms with Crippen LogP contribution in [0.25, 0.3) is 5.70 Å². The summed E-state index contributed by atoms with van der Waals surface area (Å²) in [4.78, 5) is 6.85. The quantitative estimate of drug-likeness (QED) is 0.775. The average molecular weight is 416 g/mol. The number of hydrogen-bond donors (Lipinski definition) is 1. The van der Waals surface area contributed by atoms with Gasteiger partial charge in [0.15, 0.2) is 5.17 Å². The molecule has 2 aromatic rings. The fraction of sp³-hybridized carbons (Fsp3) is 0.250. The van der Waals surface area contributed by atoms with Gasteiger partial charge in [0.05, 0.1) is 23.7 Å². The van der Waals surface area contributed by atoms with E-state index in [-0.39, 0.29) is 4.90 Å². The highest BCUT2D eigenvalue weighted by Crippen LogP contribution is 2.35. The topological polar surface area (TPSA) is 71.0 Å². The highest BCUT2D eigenvalue weighted by Gasteiger charge is 2.27. The Hall–Kier alpha value is -2.45. The molecule has 0 radical (unpaired) electrons. The molecule has 0 atom stereocenters. The van der Waals surface area contributed by atoms with Gasteiger partial charge in [0.1, 0.15) is 5.75 Å². The average Bonchev–Trinajstić information content (AvgIpc) is 3.28. The molecule has 0 saturated carbocycles. The third-order valence-corrected chi connectivity index (χ3v) is 6.84. The summed E-state index contributed by atoms with van der Waals surface area (Å²) in [6.07, 6.45) is 0. The molecule has 0 amide bonds. The van der Waals surface area contributed by atoms with E-state index in [0.717, 1.165) is 35.1 Å². The lowest BCUT2D eigenvalue weighted by molar-refractivity contribution is 0.337. The summed E-state index contributed by atoms with van der Waals surface area (Å²) in [5.74, 6) is 0.693. The monoisotopic (exact) mass is 415 g/mol. The summed E-state index contributed by atoms with van der Waals surface area (Å²) >= 11 is 1.63. The first kappa shape index (κ1) is 18.9. The number of amidine groups is 1. The van der Waals surface area contributed by atoms with Crippen LogP contribution in [0.4, 0.5) is 5.69 Å². The van der Waals surface area contributed by atoms with E-state index in [1.807, 2.05) is 26.0 Å². The molecule has 1 N–H and O–H groups in total. The molecule has 2 aliphatic heterocycles. The zero-order valence-corrected chi connectivity index (χ0v) is 17.3. The van der Waals surface area contributed by atoms with Crippen molar-refractivity contribution in [1.82, 2.24) is 4.90 Å². The lowest BCUT2D eigenvalue weighted by Crippen LogP contribution is -2.19. The van der Waals surface area contributed by atoms with Gasteiger partial charge in [-0.15, -0.1) is 0 Å². The molecule has 0 aliphatic carbocycles. The smallest absolute Gasteiger partial charge is 0.261 e. The summed E-state index contributed by atoms with van der Waals surface area (Å²) in [7, 11) is -3.67. The van der Waals surface area contributed by atoms with Crippen molar-refractivity contribution < 1.29 is 13.2 Å². The molecule has 0 saturated heterocycles. The van der Waals surface area contributed by atoms with Crippen LogP contribution in [0, 0.1) is 6.92 Å². The molecular formula is C20H21N3O3S2. The third kappa shape index (κ3) is 3.62. The number of ether oxygens (including phenoxy) is 1. The lowest BCUT2D eigenvalue weighted by atomic mass is 10.1. The van der Waals surface area contributed by atoms with Crippen LogP contribution in [0.1, 0.15) is 18.1 Å². The standard InChI is InChI=1S/C20H21N3O3S2/c1-3-26-19-9-8-17(12-14(19)2)28(24,25)22-16-6-4-15(5-7-16)18-13-27-20-21-10-11-23(18)20/h4-9,12-13,22H,3,10-11H2,1-2H3. The van der Waals surface area contributed by atoms with Crippen LogP contribution < -0.4 is 9.46 Å². The zero-order chi connectivity index (χ0) is 19.7. The van der Waals surface area contributed by atoms with E-state index in [2.05, 4.69) is 20.0 Å². The molecule has 28 heavy (non-hydrogen) atoms. The number of nitrogens with one attached hydrogen (secondary N) is 1. The lowest BCUT2D eigenvalue weighted by Gasteiger charge is -2.17. The number of fused-ring (bicyclic) bond motifs is 1. The van der Waals surface area contributed by atoms with E-state index in [9.17, 15) is 8.42 Å². The minimum atomic E-state index is -3.67. The first-order valence-electron chi connectivity index (χ1n) is 9.03. The van der Waals surface area contributed by atoms with Crippen molar-refractivity contribution in [3.05, 3.63) is 59.0 Å². The number of anilines is 1. The van der Waals surface area contributed by atoms with Crippen LogP contribution in [0.15, 0.2) is 57.8 Å². The molecule has 8 heteroatoms. The summed E-state index contributed by atoms with van der Waals surface area (Å²) < 4.78 is 33.6. The second-order valence-electron chi connectivity index (χ2n) is 6.48. The third-order valence-electron chi connectivity index (χ3n) is 4.56. The van der Waals surface area contributed by atoms with Crippen LogP contribution in [0.2, 0.25) is 0 Å². The van der Waals surface area contributed by atoms with Crippen molar-refractivity contribution in [3.8, 4) is 5.75 Å². The number of hydrogen-bond acceptors (Lipinski definition) is 6. The summed E-state index contributed by atoms with van der Waals surface area (Å²) in [6, 6.07) is 12.3. The maximum atomic E-state index is 12.7. The van der Waals surface area contributed by atoms with Crippen molar-refractivity contribution in [1.29, 1.82) is 0 Å². The Morgan fingerprint density at radius 2 is 2.00 bits per heavy atom. The maximum absolute atomic E-state index is 12.7. The molecule has 0 aromatic heterocycles. The van der Waals surface area contributed by atoms with E-state index >= 15 is 0 Å². The van der Waals surface area contributed by atoms with Crippen molar-refractivity contribution >= 4 is 38.3 Å². The number of benzene rings is 2. The van der Waals surface area contributed by atoms with Crippen molar-refractivity contribution in [2.24, 2.45) is 4.99 Å². The maximum Gasteiger partial charge on any atom is 0.261 e. The highest BCUT2D eigenvalue weighted by atomic mass is 32.2. The molecule has 0 fully saturated rings. The number of nitrogens with zero attached hydrogens (tertiary/aromatic N) is 2. The van der Waals surface area contributed by atoms with Crippen molar-refractivity contribution in [3.63, 3.8) is 0 Å². The van der Waals surface area contributed by atoms with Gasteiger partial charge in [0, 0.05) is 17.6 Å². The van der Waals surface area contributed by atoms with Crippen LogP contribution in [-0.2, 0) is 10.0 Å². The number of aryl methyl sites for hydroxylation is 1. The van der Waals surface area contributed by atoms with Crippen molar-refractivity contribution in [2.75, 3.05) is 24.4 Å². The van der Waals surface area contributed by atoms with Gasteiger partial charge in [-0.2, -0.15) is 0 Å². The first-order chi connectivity index (χ1) is 13.5. The van der Waals surface area contributed by atoms with Gasteiger partial charge < -0.3 is 9.64 Å². The molecule has 0 bridgehead atoms. The molecule has 2 aromatic carbocycles. The normalized spacial score (nSPS) is 15.9. The van der Waals surface area contributed by atoms with Crippen LogP contribution in [0.3, 0.4) is 0 Å². The summed E-state index contributed by atoms with van der Waals surface area (Å²) in [5, 5.41) is 3.12. The first-order valence-corrected chi connectivity index (χ1v) is 11.4. The van der Waals surface area contributed by atoms with Gasteiger partial charge in [-0.25, -0.2) is 8.42 Å². The Morgan fingerprint density at radius 1 is 1.21 bits per heavy atom. The minimum absolute atomic E-state index is 0.213. The van der Waals surface area contributed by atoms with E-state index < -0.39 is 10.0 Å². The predicted molar refractivity (Wildman–Crippen MR) is 114 cm³/mol. The van der Waals surface area contributed by atoms with Crippen molar-refractivity contribution in [2.45, 2.75) is 18.7 Å². The van der Waals surface area contributed by atoms with Gasteiger partial charge in [0.25, 0.3) is 10.0 Å². The molecule has 0 unspecified atom stereocenters. The second kappa shape index (κ2) is 7.52. The predicted octanol–water partition coefficient (Wildman–Crippen LogP) is 3.91. The van der Waals surface area contributed by atoms with Gasteiger partial charge in [-0.05, 0) is 55.3 Å². The number of thioether (sulfide) groups is 1. The molecule has 2 heterocycles. The molecule has 6 nitrogen and oxygen atoms in total. The fourth-order valence-corrected chi connectivity index (χ4v) is 5.28. The Labute approximate surface area is 169 Å². The van der Waals surface area contributed by atoms with E-state index in [0.29, 0.717) is 18.0 Å². The molecule has 4 rings (SSSR count). The zero-order valence-electron chi connectivity index (χ0n) is 15.7. The minimum Gasteiger partial charge on any atom is -0.494 e. The highest BCUT2D eigenvalue weighted by molar-refractivity contribution is 8.16. The molecule has 146 valence electrons. The van der Waals surface area contributed by atoms with Gasteiger partial charge in [0.2, 0.25) is 0 Å². The van der Waals surface area contributed by atoms with Gasteiger partial charge in [-0.1, -0.05) is 23.9 Å². The second-order valence-corrected chi connectivity index (χ2v) is 9.00.